The van der Waals surface area contributed by atoms with E-state index in [0.29, 0.717) is 5.41 Å². The van der Waals surface area contributed by atoms with Gasteiger partial charge in [0, 0.05) is 13.1 Å². The molecule has 2 rings (SSSR count). The van der Waals surface area contributed by atoms with E-state index < -0.39 is 0 Å². The van der Waals surface area contributed by atoms with Crippen LogP contribution in [-0.2, 0) is 0 Å². The number of hydrogen-bond donors (Lipinski definition) is 1. The fourth-order valence-corrected chi connectivity index (χ4v) is 2.57. The molecule has 2 aliphatic rings. The van der Waals surface area contributed by atoms with Crippen molar-refractivity contribution < 1.29 is 0 Å². The van der Waals surface area contributed by atoms with Gasteiger partial charge in [0.1, 0.15) is 0 Å². The number of rotatable bonds is 5. The molecule has 0 radical (unpaired) electrons. The van der Waals surface area contributed by atoms with Gasteiger partial charge in [-0.25, -0.2) is 0 Å². The van der Waals surface area contributed by atoms with Crippen LogP contribution in [0.3, 0.4) is 0 Å². The number of hydrogen-bond acceptors (Lipinski definition) is 2. The predicted octanol–water partition coefficient (Wildman–Crippen LogP) is 2.50. The van der Waals surface area contributed by atoms with E-state index in [9.17, 15) is 0 Å². The Balaban J connectivity index is 1.57. The second-order valence-electron chi connectivity index (χ2n) is 6.51. The summed E-state index contributed by atoms with van der Waals surface area (Å²) < 4.78 is 0. The standard InChI is InChI=1S/C14H28N2/c1-14(2)6-3-9-16(10-7-14)11-8-15-12-13-4-5-13/h13,15H,3-12H2,1-2H3. The van der Waals surface area contributed by atoms with Gasteiger partial charge in [0.2, 0.25) is 0 Å². The average Bonchev–Trinajstić information content (AvgIpc) is 3.02. The van der Waals surface area contributed by atoms with Crippen LogP contribution in [0.2, 0.25) is 0 Å². The van der Waals surface area contributed by atoms with E-state index in [1.165, 1.54) is 64.8 Å². The Morgan fingerprint density at radius 1 is 1.19 bits per heavy atom. The van der Waals surface area contributed by atoms with Crippen molar-refractivity contribution in [3.8, 4) is 0 Å². The van der Waals surface area contributed by atoms with Crippen LogP contribution >= 0.6 is 0 Å². The fraction of sp³-hybridized carbons (Fsp3) is 1.00. The fourth-order valence-electron chi connectivity index (χ4n) is 2.57. The Bertz CT molecular complexity index is 209. The SMILES string of the molecule is CC1(C)CCCN(CCNCC2CC2)CC1. The summed E-state index contributed by atoms with van der Waals surface area (Å²) in [5, 5.41) is 3.59. The maximum absolute atomic E-state index is 3.59. The van der Waals surface area contributed by atoms with Crippen molar-refractivity contribution in [2.75, 3.05) is 32.7 Å². The first-order chi connectivity index (χ1) is 7.66. The third kappa shape index (κ3) is 4.42. The molecule has 0 atom stereocenters. The molecule has 2 heteroatoms. The van der Waals surface area contributed by atoms with Crippen LogP contribution in [0.25, 0.3) is 0 Å². The van der Waals surface area contributed by atoms with Gasteiger partial charge in [0.15, 0.2) is 0 Å². The van der Waals surface area contributed by atoms with Gasteiger partial charge in [0.25, 0.3) is 0 Å². The highest BCUT2D eigenvalue weighted by Crippen LogP contribution is 2.29. The van der Waals surface area contributed by atoms with E-state index in [1.807, 2.05) is 0 Å². The molecular weight excluding hydrogens is 196 g/mol. The molecule has 0 amide bonds. The van der Waals surface area contributed by atoms with E-state index in [-0.39, 0.29) is 0 Å². The van der Waals surface area contributed by atoms with Crippen LogP contribution in [0.5, 0.6) is 0 Å². The zero-order chi connectivity index (χ0) is 11.4. The Labute approximate surface area is 101 Å². The first kappa shape index (κ1) is 12.4. The first-order valence-corrected chi connectivity index (χ1v) is 7.09. The van der Waals surface area contributed by atoms with Crippen LogP contribution in [-0.4, -0.2) is 37.6 Å². The molecule has 0 aromatic carbocycles. The topological polar surface area (TPSA) is 15.3 Å². The summed E-state index contributed by atoms with van der Waals surface area (Å²) in [6.45, 7) is 11.2. The van der Waals surface area contributed by atoms with Crippen molar-refractivity contribution in [1.29, 1.82) is 0 Å². The summed E-state index contributed by atoms with van der Waals surface area (Å²) in [5.41, 5.74) is 0.580. The highest BCUT2D eigenvalue weighted by molar-refractivity contribution is 4.78. The van der Waals surface area contributed by atoms with Gasteiger partial charge in [-0.3, -0.25) is 0 Å². The number of nitrogens with zero attached hydrogens (tertiary/aromatic N) is 1. The first-order valence-electron chi connectivity index (χ1n) is 7.09. The van der Waals surface area contributed by atoms with E-state index in [0.717, 1.165) is 5.92 Å². The summed E-state index contributed by atoms with van der Waals surface area (Å²) in [7, 11) is 0. The Morgan fingerprint density at radius 2 is 2.00 bits per heavy atom. The molecule has 2 nitrogen and oxygen atoms in total. The van der Waals surface area contributed by atoms with E-state index in [1.54, 1.807) is 0 Å². The molecular formula is C14H28N2. The van der Waals surface area contributed by atoms with Crippen molar-refractivity contribution >= 4 is 0 Å². The van der Waals surface area contributed by atoms with Gasteiger partial charge in [-0.05, 0) is 63.1 Å². The van der Waals surface area contributed by atoms with Crippen LogP contribution in [0.4, 0.5) is 0 Å². The largest absolute Gasteiger partial charge is 0.315 e. The highest BCUT2D eigenvalue weighted by atomic mass is 15.1. The lowest BCUT2D eigenvalue weighted by molar-refractivity contribution is 0.262. The molecule has 1 N–H and O–H groups in total. The molecule has 2 fully saturated rings. The minimum atomic E-state index is 0.580. The minimum Gasteiger partial charge on any atom is -0.315 e. The second kappa shape index (κ2) is 5.50. The van der Waals surface area contributed by atoms with Gasteiger partial charge in [0.05, 0.1) is 0 Å². The van der Waals surface area contributed by atoms with Crippen molar-refractivity contribution in [2.45, 2.75) is 46.0 Å². The van der Waals surface area contributed by atoms with Gasteiger partial charge < -0.3 is 10.2 Å². The Morgan fingerprint density at radius 3 is 2.75 bits per heavy atom. The van der Waals surface area contributed by atoms with Crippen molar-refractivity contribution in [2.24, 2.45) is 11.3 Å². The Hall–Kier alpha value is -0.0800. The summed E-state index contributed by atoms with van der Waals surface area (Å²) in [4.78, 5) is 2.65. The van der Waals surface area contributed by atoms with Crippen molar-refractivity contribution in [1.82, 2.24) is 10.2 Å². The molecule has 0 unspecified atom stereocenters. The highest BCUT2D eigenvalue weighted by Gasteiger charge is 2.23. The lowest BCUT2D eigenvalue weighted by Gasteiger charge is -2.23. The molecule has 94 valence electrons. The molecule has 1 aliphatic carbocycles. The zero-order valence-corrected chi connectivity index (χ0v) is 11.1. The van der Waals surface area contributed by atoms with Crippen LogP contribution in [0, 0.1) is 11.3 Å². The van der Waals surface area contributed by atoms with Crippen LogP contribution in [0.1, 0.15) is 46.0 Å². The molecule has 1 aliphatic heterocycles. The molecule has 0 aromatic rings. The molecule has 16 heavy (non-hydrogen) atoms. The molecule has 0 spiro atoms. The molecule has 0 bridgehead atoms. The van der Waals surface area contributed by atoms with Crippen LogP contribution < -0.4 is 5.32 Å². The van der Waals surface area contributed by atoms with E-state index in [2.05, 4.69) is 24.1 Å². The molecule has 1 saturated carbocycles. The smallest absolute Gasteiger partial charge is 0.0107 e. The lowest BCUT2D eigenvalue weighted by Crippen LogP contribution is -2.33. The van der Waals surface area contributed by atoms with Gasteiger partial charge in [-0.2, -0.15) is 0 Å². The molecule has 1 heterocycles. The van der Waals surface area contributed by atoms with Crippen molar-refractivity contribution in [3.63, 3.8) is 0 Å². The van der Waals surface area contributed by atoms with E-state index in [4.69, 9.17) is 0 Å². The average molecular weight is 224 g/mol. The summed E-state index contributed by atoms with van der Waals surface area (Å²) >= 11 is 0. The third-order valence-corrected chi connectivity index (χ3v) is 4.17. The predicted molar refractivity (Wildman–Crippen MR) is 69.7 cm³/mol. The maximum atomic E-state index is 3.59. The number of nitrogens with one attached hydrogen (secondary N) is 1. The zero-order valence-electron chi connectivity index (χ0n) is 11.1. The van der Waals surface area contributed by atoms with Crippen molar-refractivity contribution in [3.05, 3.63) is 0 Å². The van der Waals surface area contributed by atoms with Gasteiger partial charge in [-0.15, -0.1) is 0 Å². The van der Waals surface area contributed by atoms with Crippen LogP contribution in [0.15, 0.2) is 0 Å². The van der Waals surface area contributed by atoms with Gasteiger partial charge in [-0.1, -0.05) is 13.8 Å². The molecule has 1 saturated heterocycles. The third-order valence-electron chi connectivity index (χ3n) is 4.17. The van der Waals surface area contributed by atoms with E-state index >= 15 is 0 Å². The molecule has 0 aromatic heterocycles. The normalized spacial score (nSPS) is 26.6. The monoisotopic (exact) mass is 224 g/mol. The minimum absolute atomic E-state index is 0.580. The number of likely N-dealkylation sites (tertiary alicyclic amines) is 1. The summed E-state index contributed by atoms with van der Waals surface area (Å²) in [6.07, 6.45) is 7.08. The van der Waals surface area contributed by atoms with Gasteiger partial charge >= 0.3 is 0 Å². The Kier molecular flexibility index (Phi) is 4.26. The second-order valence-corrected chi connectivity index (χ2v) is 6.51. The lowest BCUT2D eigenvalue weighted by atomic mass is 9.85. The summed E-state index contributed by atoms with van der Waals surface area (Å²) in [6, 6.07) is 0. The summed E-state index contributed by atoms with van der Waals surface area (Å²) in [5.74, 6) is 1.02. The quantitative estimate of drug-likeness (QED) is 0.722. The maximum Gasteiger partial charge on any atom is 0.0107 e.